The quantitative estimate of drug-likeness (QED) is 0.671. The molecule has 0 aromatic heterocycles. The lowest BCUT2D eigenvalue weighted by molar-refractivity contribution is -0.122. The Labute approximate surface area is 173 Å². The standard InChI is InChI=1S/C22H29FN2O3S/c1-5-16-8-9-17(6-2)18(14-16)15-24-22(26)21(7-3)25(29(4,27)28)20-12-10-19(23)11-13-20/h8-14,21H,5-7,15H2,1-4H3,(H,24,26)/t21-/m0/s1. The Kier molecular flexibility index (Phi) is 7.79. The summed E-state index contributed by atoms with van der Waals surface area (Å²) in [5.74, 6) is -0.853. The second-order valence-corrected chi connectivity index (χ2v) is 8.85. The number of hydrogen-bond acceptors (Lipinski definition) is 3. The van der Waals surface area contributed by atoms with E-state index >= 15 is 0 Å². The topological polar surface area (TPSA) is 66.5 Å². The average molecular weight is 421 g/mol. The molecule has 0 heterocycles. The summed E-state index contributed by atoms with van der Waals surface area (Å²) in [6.07, 6.45) is 3.07. The molecule has 29 heavy (non-hydrogen) atoms. The molecule has 0 bridgehead atoms. The Morgan fingerprint density at radius 3 is 2.21 bits per heavy atom. The first kappa shape index (κ1) is 22.9. The molecule has 0 saturated heterocycles. The summed E-state index contributed by atoms with van der Waals surface area (Å²) in [6.45, 7) is 6.21. The molecule has 5 nitrogen and oxygen atoms in total. The molecule has 2 aromatic rings. The third kappa shape index (κ3) is 5.79. The van der Waals surface area contributed by atoms with Crippen LogP contribution in [0.3, 0.4) is 0 Å². The van der Waals surface area contributed by atoms with Crippen LogP contribution in [0.25, 0.3) is 0 Å². The molecular weight excluding hydrogens is 391 g/mol. The van der Waals surface area contributed by atoms with E-state index in [2.05, 4.69) is 37.4 Å². The summed E-state index contributed by atoms with van der Waals surface area (Å²) in [5.41, 5.74) is 3.62. The van der Waals surface area contributed by atoms with E-state index in [-0.39, 0.29) is 18.0 Å². The molecule has 1 N–H and O–H groups in total. The minimum Gasteiger partial charge on any atom is -0.350 e. The van der Waals surface area contributed by atoms with Gasteiger partial charge in [-0.1, -0.05) is 39.0 Å². The maximum absolute atomic E-state index is 13.3. The van der Waals surface area contributed by atoms with Gasteiger partial charge in [0.05, 0.1) is 11.9 Å². The Bertz CT molecular complexity index is 943. The summed E-state index contributed by atoms with van der Waals surface area (Å²) < 4.78 is 39.2. The number of rotatable bonds is 9. The molecule has 0 fully saturated rings. The van der Waals surface area contributed by atoms with Crippen LogP contribution < -0.4 is 9.62 Å². The Hall–Kier alpha value is -2.41. The summed E-state index contributed by atoms with van der Waals surface area (Å²) in [7, 11) is -3.74. The Morgan fingerprint density at radius 1 is 1.03 bits per heavy atom. The van der Waals surface area contributed by atoms with Crippen LogP contribution in [0.15, 0.2) is 42.5 Å². The highest BCUT2D eigenvalue weighted by molar-refractivity contribution is 7.92. The van der Waals surface area contributed by atoms with Crippen LogP contribution in [0.2, 0.25) is 0 Å². The Morgan fingerprint density at radius 2 is 1.69 bits per heavy atom. The lowest BCUT2D eigenvalue weighted by Crippen LogP contribution is -2.49. The van der Waals surface area contributed by atoms with Gasteiger partial charge in [-0.25, -0.2) is 12.8 Å². The molecule has 2 rings (SSSR count). The van der Waals surface area contributed by atoms with E-state index in [1.54, 1.807) is 6.92 Å². The fourth-order valence-electron chi connectivity index (χ4n) is 3.36. The molecule has 0 spiro atoms. The van der Waals surface area contributed by atoms with Gasteiger partial charge in [0.1, 0.15) is 11.9 Å². The van der Waals surface area contributed by atoms with Crippen molar-refractivity contribution in [2.24, 2.45) is 0 Å². The number of carbonyl (C=O) groups is 1. The molecule has 1 atom stereocenters. The van der Waals surface area contributed by atoms with Crippen LogP contribution in [0, 0.1) is 5.82 Å². The molecule has 0 aliphatic carbocycles. The molecule has 1 amide bonds. The normalized spacial score (nSPS) is 12.4. The average Bonchev–Trinajstić information content (AvgIpc) is 2.69. The first-order valence-corrected chi connectivity index (χ1v) is 11.7. The minimum absolute atomic E-state index is 0.262. The SMILES string of the molecule is CCc1ccc(CC)c(CNC(=O)[C@H](CC)N(c2ccc(F)cc2)S(C)(=O)=O)c1. The van der Waals surface area contributed by atoms with Crippen molar-refractivity contribution in [2.75, 3.05) is 10.6 Å². The van der Waals surface area contributed by atoms with E-state index in [0.29, 0.717) is 6.54 Å². The molecule has 7 heteroatoms. The van der Waals surface area contributed by atoms with Crippen molar-refractivity contribution in [3.8, 4) is 0 Å². The van der Waals surface area contributed by atoms with Gasteiger partial charge in [0.2, 0.25) is 15.9 Å². The van der Waals surface area contributed by atoms with Gasteiger partial charge in [-0.3, -0.25) is 9.10 Å². The maximum atomic E-state index is 13.3. The largest absolute Gasteiger partial charge is 0.350 e. The summed E-state index contributed by atoms with van der Waals surface area (Å²) >= 11 is 0. The number of anilines is 1. The van der Waals surface area contributed by atoms with Crippen LogP contribution in [0.5, 0.6) is 0 Å². The van der Waals surface area contributed by atoms with Crippen molar-refractivity contribution in [3.05, 3.63) is 65.0 Å². The molecular formula is C22H29FN2O3S. The van der Waals surface area contributed by atoms with Crippen molar-refractivity contribution >= 4 is 21.6 Å². The summed E-state index contributed by atoms with van der Waals surface area (Å²) in [5, 5.41) is 2.89. The maximum Gasteiger partial charge on any atom is 0.244 e. The van der Waals surface area contributed by atoms with Gasteiger partial charge >= 0.3 is 0 Å². The number of nitrogens with one attached hydrogen (secondary N) is 1. The lowest BCUT2D eigenvalue weighted by Gasteiger charge is -2.30. The molecule has 2 aromatic carbocycles. The lowest BCUT2D eigenvalue weighted by atomic mass is 10.0. The predicted molar refractivity (Wildman–Crippen MR) is 115 cm³/mol. The first-order valence-electron chi connectivity index (χ1n) is 9.84. The van der Waals surface area contributed by atoms with Gasteiger partial charge in [0, 0.05) is 6.54 Å². The second-order valence-electron chi connectivity index (χ2n) is 6.99. The minimum atomic E-state index is -3.74. The number of aryl methyl sites for hydroxylation is 2. The van der Waals surface area contributed by atoms with Crippen LogP contribution >= 0.6 is 0 Å². The molecule has 0 aliphatic heterocycles. The van der Waals surface area contributed by atoms with E-state index in [0.717, 1.165) is 34.5 Å². The number of hydrogen-bond donors (Lipinski definition) is 1. The van der Waals surface area contributed by atoms with Gasteiger partial charge in [0.25, 0.3) is 0 Å². The van der Waals surface area contributed by atoms with Gasteiger partial charge in [-0.05, 0) is 60.2 Å². The summed E-state index contributed by atoms with van der Waals surface area (Å²) in [4.78, 5) is 12.9. The number of sulfonamides is 1. The van der Waals surface area contributed by atoms with Crippen LogP contribution in [-0.4, -0.2) is 26.6 Å². The number of halogens is 1. The van der Waals surface area contributed by atoms with Crippen LogP contribution in [0.1, 0.15) is 43.9 Å². The number of carbonyl (C=O) groups excluding carboxylic acids is 1. The van der Waals surface area contributed by atoms with Crippen molar-refractivity contribution in [1.82, 2.24) is 5.32 Å². The van der Waals surface area contributed by atoms with E-state index in [1.807, 2.05) is 0 Å². The van der Waals surface area contributed by atoms with Crippen molar-refractivity contribution in [3.63, 3.8) is 0 Å². The van der Waals surface area contributed by atoms with Crippen molar-refractivity contribution in [1.29, 1.82) is 0 Å². The molecule has 0 radical (unpaired) electrons. The summed E-state index contributed by atoms with van der Waals surface area (Å²) in [6, 6.07) is 10.4. The van der Waals surface area contributed by atoms with E-state index < -0.39 is 21.9 Å². The molecule has 0 unspecified atom stereocenters. The van der Waals surface area contributed by atoms with Crippen molar-refractivity contribution in [2.45, 2.75) is 52.6 Å². The fourth-order valence-corrected chi connectivity index (χ4v) is 4.57. The van der Waals surface area contributed by atoms with E-state index in [4.69, 9.17) is 0 Å². The van der Waals surface area contributed by atoms with Crippen LogP contribution in [-0.2, 0) is 34.2 Å². The zero-order chi connectivity index (χ0) is 21.6. The van der Waals surface area contributed by atoms with Gasteiger partial charge in [0.15, 0.2) is 0 Å². The second kappa shape index (κ2) is 9.87. The van der Waals surface area contributed by atoms with Crippen molar-refractivity contribution < 1.29 is 17.6 Å². The zero-order valence-corrected chi connectivity index (χ0v) is 18.2. The first-order chi connectivity index (χ1) is 13.7. The van der Waals surface area contributed by atoms with E-state index in [9.17, 15) is 17.6 Å². The Balaban J connectivity index is 2.27. The zero-order valence-electron chi connectivity index (χ0n) is 17.4. The number of nitrogens with zero attached hydrogens (tertiary/aromatic N) is 1. The molecule has 0 saturated carbocycles. The predicted octanol–water partition coefficient (Wildman–Crippen LogP) is 3.81. The van der Waals surface area contributed by atoms with Crippen LogP contribution in [0.4, 0.5) is 10.1 Å². The third-order valence-electron chi connectivity index (χ3n) is 4.92. The highest BCUT2D eigenvalue weighted by Crippen LogP contribution is 2.23. The highest BCUT2D eigenvalue weighted by atomic mass is 32.2. The third-order valence-corrected chi connectivity index (χ3v) is 6.10. The fraction of sp³-hybridized carbons (Fsp3) is 0.409. The molecule has 0 aliphatic rings. The van der Waals surface area contributed by atoms with Gasteiger partial charge in [-0.15, -0.1) is 0 Å². The monoisotopic (exact) mass is 420 g/mol. The number of benzene rings is 2. The van der Waals surface area contributed by atoms with E-state index in [1.165, 1.54) is 29.8 Å². The van der Waals surface area contributed by atoms with Gasteiger partial charge in [-0.2, -0.15) is 0 Å². The van der Waals surface area contributed by atoms with Gasteiger partial charge < -0.3 is 5.32 Å². The smallest absolute Gasteiger partial charge is 0.244 e. The number of amides is 1. The molecule has 158 valence electrons. The highest BCUT2D eigenvalue weighted by Gasteiger charge is 2.31.